The molecule has 1 aromatic carbocycles. The largest absolute Gasteiger partial charge is 0.381 e. The molecular formula is C17H28O2. The predicted molar refractivity (Wildman–Crippen MR) is 80.8 cm³/mol. The van der Waals surface area contributed by atoms with Crippen LogP contribution in [0.5, 0.6) is 0 Å². The predicted octanol–water partition coefficient (Wildman–Crippen LogP) is 3.79. The molecule has 2 heteroatoms. The van der Waals surface area contributed by atoms with Crippen LogP contribution in [0.25, 0.3) is 0 Å². The van der Waals surface area contributed by atoms with Gasteiger partial charge in [0.2, 0.25) is 0 Å². The van der Waals surface area contributed by atoms with Crippen LogP contribution >= 0.6 is 0 Å². The normalized spacial score (nSPS) is 14.4. The van der Waals surface area contributed by atoms with Crippen molar-refractivity contribution in [2.24, 2.45) is 0 Å². The van der Waals surface area contributed by atoms with Gasteiger partial charge >= 0.3 is 0 Å². The summed E-state index contributed by atoms with van der Waals surface area (Å²) in [5.74, 6) is 0. The third kappa shape index (κ3) is 4.96. The molecule has 0 aliphatic heterocycles. The third-order valence-corrected chi connectivity index (χ3v) is 3.69. The topological polar surface area (TPSA) is 18.5 Å². The standard InChI is InChI=1S/C17H28O2/c1-6-8-15-9-7-10-16(11-13(2)18-4)17(15)12-14(3)19-5/h7,9-10,13-14H,6,8,11-12H2,1-5H3. The first-order chi connectivity index (χ1) is 9.12. The monoisotopic (exact) mass is 264 g/mol. The number of benzene rings is 1. The second-order valence-electron chi connectivity index (χ2n) is 5.31. The highest BCUT2D eigenvalue weighted by atomic mass is 16.5. The highest BCUT2D eigenvalue weighted by Gasteiger charge is 2.13. The molecule has 2 atom stereocenters. The van der Waals surface area contributed by atoms with Gasteiger partial charge in [-0.05, 0) is 49.8 Å². The van der Waals surface area contributed by atoms with Crippen molar-refractivity contribution in [3.05, 3.63) is 34.9 Å². The summed E-state index contributed by atoms with van der Waals surface area (Å²) in [5, 5.41) is 0. The van der Waals surface area contributed by atoms with Crippen LogP contribution in [0, 0.1) is 0 Å². The lowest BCUT2D eigenvalue weighted by Crippen LogP contribution is -2.16. The number of rotatable bonds is 8. The Kier molecular flexibility index (Phi) is 7.11. The molecule has 0 aromatic heterocycles. The maximum Gasteiger partial charge on any atom is 0.0583 e. The van der Waals surface area contributed by atoms with Gasteiger partial charge in [0.15, 0.2) is 0 Å². The third-order valence-electron chi connectivity index (χ3n) is 3.69. The molecule has 0 saturated carbocycles. The Balaban J connectivity index is 3.02. The van der Waals surface area contributed by atoms with Crippen LogP contribution < -0.4 is 0 Å². The zero-order valence-electron chi connectivity index (χ0n) is 13.0. The fraction of sp³-hybridized carbons (Fsp3) is 0.647. The molecule has 0 N–H and O–H groups in total. The van der Waals surface area contributed by atoms with Crippen molar-refractivity contribution in [3.63, 3.8) is 0 Å². The lowest BCUT2D eigenvalue weighted by Gasteiger charge is -2.19. The zero-order valence-corrected chi connectivity index (χ0v) is 13.0. The van der Waals surface area contributed by atoms with Crippen LogP contribution in [0.3, 0.4) is 0 Å². The van der Waals surface area contributed by atoms with Crippen molar-refractivity contribution < 1.29 is 9.47 Å². The van der Waals surface area contributed by atoms with Gasteiger partial charge in [0.05, 0.1) is 12.2 Å². The van der Waals surface area contributed by atoms with Gasteiger partial charge in [0.1, 0.15) is 0 Å². The Bertz CT molecular complexity index is 374. The summed E-state index contributed by atoms with van der Waals surface area (Å²) >= 11 is 0. The van der Waals surface area contributed by atoms with Crippen molar-refractivity contribution in [2.45, 2.75) is 58.7 Å². The summed E-state index contributed by atoms with van der Waals surface area (Å²) in [4.78, 5) is 0. The molecule has 0 amide bonds. The smallest absolute Gasteiger partial charge is 0.0583 e. The lowest BCUT2D eigenvalue weighted by atomic mass is 9.91. The van der Waals surface area contributed by atoms with Crippen LogP contribution in [0.4, 0.5) is 0 Å². The molecule has 0 heterocycles. The van der Waals surface area contributed by atoms with E-state index in [0.29, 0.717) is 0 Å². The summed E-state index contributed by atoms with van der Waals surface area (Å²) in [7, 11) is 3.56. The number of ether oxygens (including phenoxy) is 2. The highest BCUT2D eigenvalue weighted by Crippen LogP contribution is 2.21. The van der Waals surface area contributed by atoms with Crippen molar-refractivity contribution in [2.75, 3.05) is 14.2 Å². The molecule has 2 nitrogen and oxygen atoms in total. The molecule has 0 aliphatic carbocycles. The molecule has 19 heavy (non-hydrogen) atoms. The second-order valence-corrected chi connectivity index (χ2v) is 5.31. The molecule has 0 spiro atoms. The van der Waals surface area contributed by atoms with Gasteiger partial charge in [-0.3, -0.25) is 0 Å². The molecule has 0 saturated heterocycles. The van der Waals surface area contributed by atoms with E-state index < -0.39 is 0 Å². The van der Waals surface area contributed by atoms with Crippen molar-refractivity contribution in [3.8, 4) is 0 Å². The summed E-state index contributed by atoms with van der Waals surface area (Å²) in [6.07, 6.45) is 4.79. The first-order valence-electron chi connectivity index (χ1n) is 7.27. The van der Waals surface area contributed by atoms with Crippen molar-refractivity contribution in [1.82, 2.24) is 0 Å². The van der Waals surface area contributed by atoms with E-state index in [0.717, 1.165) is 19.3 Å². The average molecular weight is 264 g/mol. The van der Waals surface area contributed by atoms with Gasteiger partial charge in [-0.15, -0.1) is 0 Å². The summed E-state index contributed by atoms with van der Waals surface area (Å²) in [5.41, 5.74) is 4.33. The number of aryl methyl sites for hydroxylation is 1. The molecule has 1 aromatic rings. The van der Waals surface area contributed by atoms with E-state index in [1.165, 1.54) is 23.1 Å². The number of hydrogen-bond donors (Lipinski definition) is 0. The van der Waals surface area contributed by atoms with Crippen LogP contribution in [0.15, 0.2) is 18.2 Å². The molecule has 0 radical (unpaired) electrons. The summed E-state index contributed by atoms with van der Waals surface area (Å²) in [6, 6.07) is 6.65. The average Bonchev–Trinajstić information content (AvgIpc) is 2.42. The van der Waals surface area contributed by atoms with Gasteiger partial charge in [0, 0.05) is 14.2 Å². The van der Waals surface area contributed by atoms with Crippen molar-refractivity contribution >= 4 is 0 Å². The van der Waals surface area contributed by atoms with E-state index in [9.17, 15) is 0 Å². The minimum absolute atomic E-state index is 0.258. The van der Waals surface area contributed by atoms with Gasteiger partial charge < -0.3 is 9.47 Å². The maximum atomic E-state index is 5.44. The maximum absolute atomic E-state index is 5.44. The van der Waals surface area contributed by atoms with Gasteiger partial charge in [-0.25, -0.2) is 0 Å². The Morgan fingerprint density at radius 1 is 0.947 bits per heavy atom. The zero-order chi connectivity index (χ0) is 14.3. The lowest BCUT2D eigenvalue weighted by molar-refractivity contribution is 0.114. The quantitative estimate of drug-likeness (QED) is 0.711. The number of hydrogen-bond acceptors (Lipinski definition) is 2. The molecule has 0 fully saturated rings. The number of methoxy groups -OCH3 is 2. The molecular weight excluding hydrogens is 236 g/mol. The Morgan fingerprint density at radius 2 is 1.53 bits per heavy atom. The van der Waals surface area contributed by atoms with Crippen LogP contribution in [-0.4, -0.2) is 26.4 Å². The van der Waals surface area contributed by atoms with Crippen LogP contribution in [0.2, 0.25) is 0 Å². The van der Waals surface area contributed by atoms with E-state index >= 15 is 0 Å². The fourth-order valence-electron chi connectivity index (χ4n) is 2.41. The SMILES string of the molecule is CCCc1cccc(CC(C)OC)c1CC(C)OC. The van der Waals surface area contributed by atoms with E-state index in [-0.39, 0.29) is 12.2 Å². The molecule has 1 rings (SSSR count). The van der Waals surface area contributed by atoms with E-state index in [1.807, 2.05) is 0 Å². The summed E-state index contributed by atoms with van der Waals surface area (Å²) < 4.78 is 10.9. The Labute approximate surface area is 118 Å². The minimum Gasteiger partial charge on any atom is -0.381 e. The minimum atomic E-state index is 0.258. The van der Waals surface area contributed by atoms with Crippen LogP contribution in [0.1, 0.15) is 43.9 Å². The first-order valence-corrected chi connectivity index (χ1v) is 7.27. The summed E-state index contributed by atoms with van der Waals surface area (Å²) in [6.45, 7) is 6.48. The Hall–Kier alpha value is -0.860. The van der Waals surface area contributed by atoms with E-state index in [1.54, 1.807) is 14.2 Å². The highest BCUT2D eigenvalue weighted by molar-refractivity contribution is 5.36. The first kappa shape index (κ1) is 16.2. The molecule has 108 valence electrons. The van der Waals surface area contributed by atoms with Crippen LogP contribution in [-0.2, 0) is 28.7 Å². The van der Waals surface area contributed by atoms with Gasteiger partial charge in [0.25, 0.3) is 0 Å². The van der Waals surface area contributed by atoms with Crippen molar-refractivity contribution in [1.29, 1.82) is 0 Å². The fourth-order valence-corrected chi connectivity index (χ4v) is 2.41. The van der Waals surface area contributed by atoms with E-state index in [4.69, 9.17) is 9.47 Å². The second kappa shape index (κ2) is 8.34. The van der Waals surface area contributed by atoms with Gasteiger partial charge in [-0.2, -0.15) is 0 Å². The van der Waals surface area contributed by atoms with E-state index in [2.05, 4.69) is 39.0 Å². The Morgan fingerprint density at radius 3 is 2.11 bits per heavy atom. The molecule has 2 unspecified atom stereocenters. The molecule has 0 bridgehead atoms. The van der Waals surface area contributed by atoms with Gasteiger partial charge in [-0.1, -0.05) is 31.5 Å². The molecule has 0 aliphatic rings.